The lowest BCUT2D eigenvalue weighted by molar-refractivity contribution is -0.168. The van der Waals surface area contributed by atoms with Crippen LogP contribution < -0.4 is 10.1 Å². The predicted octanol–water partition coefficient (Wildman–Crippen LogP) is 9.69. The number of nitrogens with one attached hydrogen (secondary N) is 1. The minimum atomic E-state index is -0.537. The molecule has 2 atom stereocenters. The van der Waals surface area contributed by atoms with Crippen LogP contribution in [0.15, 0.2) is 66.7 Å². The lowest BCUT2D eigenvalue weighted by atomic mass is 9.86. The molecule has 1 fully saturated rings. The number of hydrogen-bond donors (Lipinski definition) is 1. The topological polar surface area (TPSA) is 39.7 Å². The van der Waals surface area contributed by atoms with E-state index in [1.807, 2.05) is 0 Å². The molecule has 1 saturated carbocycles. The van der Waals surface area contributed by atoms with E-state index in [0.29, 0.717) is 6.61 Å². The second kappa shape index (κ2) is 13.2. The van der Waals surface area contributed by atoms with Crippen molar-refractivity contribution < 1.29 is 14.2 Å². The minimum Gasteiger partial charge on any atom is -0.485 e. The fourth-order valence-electron chi connectivity index (χ4n) is 6.34. The standard InChI is InChI=1S/C38H51NO3/c1-27-12-14-29(15-13-27)25-39-32-20-21-34-33(24-32)35(40-23-22-28-10-8-7-9-11-28)36(38(5,6)42-34)41-26-30-16-18-31(19-17-30)37(2,3)4/h12-21,24,28,35-36,39H,7-11,22-23,25-26H2,1-6H3. The van der Waals surface area contributed by atoms with Crippen LogP contribution in [-0.4, -0.2) is 18.3 Å². The molecule has 3 aromatic rings. The van der Waals surface area contributed by atoms with E-state index in [0.717, 1.165) is 42.5 Å². The monoisotopic (exact) mass is 569 g/mol. The number of anilines is 1. The van der Waals surface area contributed by atoms with E-state index < -0.39 is 5.60 Å². The maximum absolute atomic E-state index is 6.81. The van der Waals surface area contributed by atoms with E-state index in [-0.39, 0.29) is 17.6 Å². The highest BCUT2D eigenvalue weighted by molar-refractivity contribution is 5.54. The molecule has 0 amide bonds. The van der Waals surface area contributed by atoms with Gasteiger partial charge >= 0.3 is 0 Å². The summed E-state index contributed by atoms with van der Waals surface area (Å²) in [5.41, 5.74) is 6.76. The first-order valence-corrected chi connectivity index (χ1v) is 16.0. The van der Waals surface area contributed by atoms with Gasteiger partial charge in [0.1, 0.15) is 23.6 Å². The fourth-order valence-corrected chi connectivity index (χ4v) is 6.34. The van der Waals surface area contributed by atoms with Crippen LogP contribution in [0, 0.1) is 12.8 Å². The zero-order chi connectivity index (χ0) is 29.7. The first kappa shape index (κ1) is 30.6. The van der Waals surface area contributed by atoms with E-state index in [1.54, 1.807) is 0 Å². The van der Waals surface area contributed by atoms with E-state index in [1.165, 1.54) is 54.4 Å². The molecular weight excluding hydrogens is 518 g/mol. The largest absolute Gasteiger partial charge is 0.485 e. The van der Waals surface area contributed by atoms with Crippen molar-refractivity contribution in [3.05, 3.63) is 94.5 Å². The smallest absolute Gasteiger partial charge is 0.132 e. The summed E-state index contributed by atoms with van der Waals surface area (Å²) >= 11 is 0. The Bertz CT molecular complexity index is 1280. The molecule has 0 spiro atoms. The van der Waals surface area contributed by atoms with Gasteiger partial charge in [-0.15, -0.1) is 0 Å². The van der Waals surface area contributed by atoms with E-state index >= 15 is 0 Å². The van der Waals surface area contributed by atoms with E-state index in [2.05, 4.69) is 114 Å². The summed E-state index contributed by atoms with van der Waals surface area (Å²) in [5.74, 6) is 1.66. The van der Waals surface area contributed by atoms with Crippen molar-refractivity contribution >= 4 is 5.69 Å². The quantitative estimate of drug-likeness (QED) is 0.264. The third-order valence-corrected chi connectivity index (χ3v) is 9.06. The highest BCUT2D eigenvalue weighted by Crippen LogP contribution is 2.45. The molecule has 2 unspecified atom stereocenters. The van der Waals surface area contributed by atoms with Crippen molar-refractivity contribution in [2.24, 2.45) is 5.92 Å². The second-order valence-corrected chi connectivity index (χ2v) is 14.1. The number of ether oxygens (including phenoxy) is 3. The van der Waals surface area contributed by atoms with Gasteiger partial charge in [-0.2, -0.15) is 0 Å². The van der Waals surface area contributed by atoms with Gasteiger partial charge in [0.05, 0.1) is 6.61 Å². The summed E-state index contributed by atoms with van der Waals surface area (Å²) < 4.78 is 20.2. The Labute approximate surface area is 254 Å². The molecule has 42 heavy (non-hydrogen) atoms. The summed E-state index contributed by atoms with van der Waals surface area (Å²) in [5, 5.41) is 3.62. The first-order chi connectivity index (χ1) is 20.1. The molecule has 3 aromatic carbocycles. The number of benzene rings is 3. The third-order valence-electron chi connectivity index (χ3n) is 9.06. The van der Waals surface area contributed by atoms with Crippen molar-refractivity contribution in [3.63, 3.8) is 0 Å². The van der Waals surface area contributed by atoms with Crippen molar-refractivity contribution in [1.29, 1.82) is 0 Å². The average Bonchev–Trinajstić information content (AvgIpc) is 2.96. The Morgan fingerprint density at radius 1 is 0.857 bits per heavy atom. The van der Waals surface area contributed by atoms with Crippen LogP contribution in [0.2, 0.25) is 0 Å². The maximum Gasteiger partial charge on any atom is 0.132 e. The zero-order valence-electron chi connectivity index (χ0n) is 26.7. The molecule has 1 N–H and O–H groups in total. The van der Waals surface area contributed by atoms with Gasteiger partial charge in [-0.3, -0.25) is 0 Å². The van der Waals surface area contributed by atoms with Crippen molar-refractivity contribution in [2.45, 2.75) is 116 Å². The number of hydrogen-bond acceptors (Lipinski definition) is 4. The number of fused-ring (bicyclic) bond motifs is 1. The SMILES string of the molecule is Cc1ccc(CNc2ccc3c(c2)C(OCCC2CCCCC2)C(OCc2ccc(C(C)(C)C)cc2)C(C)(C)O3)cc1. The van der Waals surface area contributed by atoms with Gasteiger partial charge in [0, 0.05) is 24.4 Å². The highest BCUT2D eigenvalue weighted by atomic mass is 16.6. The molecular formula is C38H51NO3. The Morgan fingerprint density at radius 3 is 2.24 bits per heavy atom. The molecule has 2 aliphatic rings. The van der Waals surface area contributed by atoms with Gasteiger partial charge < -0.3 is 19.5 Å². The molecule has 0 radical (unpaired) electrons. The van der Waals surface area contributed by atoms with Gasteiger partial charge in [0.2, 0.25) is 0 Å². The highest BCUT2D eigenvalue weighted by Gasteiger charge is 2.45. The average molecular weight is 570 g/mol. The minimum absolute atomic E-state index is 0.130. The van der Waals surface area contributed by atoms with Crippen molar-refractivity contribution in [3.8, 4) is 5.75 Å². The van der Waals surface area contributed by atoms with E-state index in [9.17, 15) is 0 Å². The fraction of sp³-hybridized carbons (Fsp3) is 0.526. The van der Waals surface area contributed by atoms with Crippen LogP contribution in [0.5, 0.6) is 5.75 Å². The Balaban J connectivity index is 1.35. The molecule has 1 aliphatic heterocycles. The number of aryl methyl sites for hydroxylation is 1. The lowest BCUT2D eigenvalue weighted by Crippen LogP contribution is -2.51. The van der Waals surface area contributed by atoms with Gasteiger partial charge in [0.25, 0.3) is 0 Å². The Kier molecular flexibility index (Phi) is 9.64. The van der Waals surface area contributed by atoms with Gasteiger partial charge in [0.15, 0.2) is 0 Å². The first-order valence-electron chi connectivity index (χ1n) is 16.0. The van der Waals surface area contributed by atoms with E-state index in [4.69, 9.17) is 14.2 Å². The van der Waals surface area contributed by atoms with Gasteiger partial charge in [-0.25, -0.2) is 0 Å². The summed E-state index contributed by atoms with van der Waals surface area (Å²) in [7, 11) is 0. The molecule has 0 bridgehead atoms. The normalized spacial score (nSPS) is 20.5. The third kappa shape index (κ3) is 7.76. The zero-order valence-corrected chi connectivity index (χ0v) is 26.7. The maximum atomic E-state index is 6.81. The van der Waals surface area contributed by atoms with Crippen LogP contribution >= 0.6 is 0 Å². The molecule has 0 aromatic heterocycles. The molecule has 5 rings (SSSR count). The Hall–Kier alpha value is -2.82. The Morgan fingerprint density at radius 2 is 1.55 bits per heavy atom. The summed E-state index contributed by atoms with van der Waals surface area (Å²) in [6.07, 6.45) is 7.41. The molecule has 4 heteroatoms. The summed E-state index contributed by atoms with van der Waals surface area (Å²) in [6.45, 7) is 15.1. The lowest BCUT2D eigenvalue weighted by Gasteiger charge is -2.44. The summed E-state index contributed by atoms with van der Waals surface area (Å²) in [4.78, 5) is 0. The van der Waals surface area contributed by atoms with Crippen LogP contribution in [0.25, 0.3) is 0 Å². The molecule has 1 heterocycles. The molecule has 4 nitrogen and oxygen atoms in total. The van der Waals surface area contributed by atoms with Gasteiger partial charge in [-0.1, -0.05) is 107 Å². The van der Waals surface area contributed by atoms with Crippen LogP contribution in [0.4, 0.5) is 5.69 Å². The molecule has 226 valence electrons. The van der Waals surface area contributed by atoms with Crippen LogP contribution in [0.1, 0.15) is 107 Å². The van der Waals surface area contributed by atoms with Gasteiger partial charge in [-0.05, 0) is 73.4 Å². The second-order valence-electron chi connectivity index (χ2n) is 14.1. The predicted molar refractivity (Wildman–Crippen MR) is 173 cm³/mol. The van der Waals surface area contributed by atoms with Crippen LogP contribution in [-0.2, 0) is 28.0 Å². The molecule has 1 aliphatic carbocycles. The van der Waals surface area contributed by atoms with Crippen molar-refractivity contribution in [1.82, 2.24) is 0 Å². The van der Waals surface area contributed by atoms with Crippen LogP contribution in [0.3, 0.4) is 0 Å². The molecule has 0 saturated heterocycles. The summed E-state index contributed by atoms with van der Waals surface area (Å²) in [6, 6.07) is 23.9. The number of rotatable bonds is 10. The van der Waals surface area contributed by atoms with Crippen molar-refractivity contribution in [2.75, 3.05) is 11.9 Å².